The Labute approximate surface area is 223 Å². The van der Waals surface area contributed by atoms with Gasteiger partial charge >= 0.3 is 0 Å². The summed E-state index contributed by atoms with van der Waals surface area (Å²) >= 11 is 1.13. The molecule has 0 atom stereocenters. The smallest absolute Gasteiger partial charge is 0.277 e. The highest BCUT2D eigenvalue weighted by atomic mass is 32.2. The molecule has 38 heavy (non-hydrogen) atoms. The van der Waals surface area contributed by atoms with Crippen LogP contribution in [0.1, 0.15) is 0 Å². The molecule has 0 fully saturated rings. The van der Waals surface area contributed by atoms with Gasteiger partial charge in [-0.15, -0.1) is 10.2 Å². The summed E-state index contributed by atoms with van der Waals surface area (Å²) in [7, 11) is -2.25. The zero-order chi connectivity index (χ0) is 26.5. The van der Waals surface area contributed by atoms with Crippen molar-refractivity contribution in [3.63, 3.8) is 0 Å². The first-order valence-electron chi connectivity index (χ1n) is 11.4. The number of ether oxygens (including phenoxy) is 1. The van der Waals surface area contributed by atoms with Crippen molar-refractivity contribution in [2.75, 3.05) is 22.9 Å². The number of carbonyl (C=O) groups excluding carboxylic acids is 1. The Bertz CT molecular complexity index is 1680. The lowest BCUT2D eigenvalue weighted by Crippen LogP contribution is -2.14. The molecular weight excluding hydrogens is 524 g/mol. The molecule has 192 valence electrons. The van der Waals surface area contributed by atoms with Crippen LogP contribution in [0.15, 0.2) is 106 Å². The number of hydrogen-bond donors (Lipinski definition) is 2. The average molecular weight is 547 g/mol. The van der Waals surface area contributed by atoms with Gasteiger partial charge in [0.25, 0.3) is 15.2 Å². The van der Waals surface area contributed by atoms with Crippen LogP contribution in [0.2, 0.25) is 0 Å². The molecule has 0 saturated heterocycles. The maximum absolute atomic E-state index is 12.6. The predicted molar refractivity (Wildman–Crippen MR) is 147 cm³/mol. The van der Waals surface area contributed by atoms with Crippen molar-refractivity contribution >= 4 is 49.8 Å². The summed E-state index contributed by atoms with van der Waals surface area (Å²) in [6.45, 7) is 0. The van der Waals surface area contributed by atoms with E-state index in [2.05, 4.69) is 20.2 Å². The Hall–Kier alpha value is -4.35. The van der Waals surface area contributed by atoms with Gasteiger partial charge in [0.2, 0.25) is 11.8 Å². The van der Waals surface area contributed by atoms with E-state index in [1.807, 2.05) is 42.5 Å². The molecular formula is C27H22N4O5S2. The average Bonchev–Trinajstić information content (AvgIpc) is 3.41. The van der Waals surface area contributed by atoms with Crippen LogP contribution in [0.3, 0.4) is 0 Å². The first-order valence-corrected chi connectivity index (χ1v) is 13.9. The molecule has 0 radical (unpaired) electrons. The molecule has 0 aliphatic carbocycles. The van der Waals surface area contributed by atoms with Crippen molar-refractivity contribution in [1.29, 1.82) is 0 Å². The van der Waals surface area contributed by atoms with E-state index in [1.165, 1.54) is 19.2 Å². The maximum Gasteiger partial charge on any atom is 0.277 e. The zero-order valence-corrected chi connectivity index (χ0v) is 21.8. The van der Waals surface area contributed by atoms with E-state index in [4.69, 9.17) is 9.15 Å². The summed E-state index contributed by atoms with van der Waals surface area (Å²) in [5.41, 5.74) is 1.73. The van der Waals surface area contributed by atoms with Crippen LogP contribution in [0, 0.1) is 0 Å². The summed E-state index contributed by atoms with van der Waals surface area (Å²) in [5.74, 6) is 0.721. The van der Waals surface area contributed by atoms with Gasteiger partial charge in [-0.05, 0) is 60.0 Å². The Kier molecular flexibility index (Phi) is 7.29. The molecule has 5 rings (SSSR count). The van der Waals surface area contributed by atoms with Crippen LogP contribution in [-0.4, -0.2) is 37.4 Å². The third-order valence-corrected chi connectivity index (χ3v) is 7.77. The lowest BCUT2D eigenvalue weighted by Gasteiger charge is -2.09. The van der Waals surface area contributed by atoms with Crippen molar-refractivity contribution in [3.05, 3.63) is 91.0 Å². The highest BCUT2D eigenvalue weighted by molar-refractivity contribution is 7.99. The molecule has 0 aliphatic rings. The Balaban J connectivity index is 1.19. The third-order valence-electron chi connectivity index (χ3n) is 5.55. The molecule has 0 unspecified atom stereocenters. The molecule has 0 saturated carbocycles. The first kappa shape index (κ1) is 25.3. The number of aromatic nitrogens is 2. The van der Waals surface area contributed by atoms with E-state index in [0.29, 0.717) is 17.0 Å². The van der Waals surface area contributed by atoms with Crippen molar-refractivity contribution < 1.29 is 22.4 Å². The predicted octanol–water partition coefficient (Wildman–Crippen LogP) is 5.43. The Morgan fingerprint density at radius 1 is 0.921 bits per heavy atom. The van der Waals surface area contributed by atoms with E-state index in [9.17, 15) is 13.2 Å². The molecule has 0 spiro atoms. The van der Waals surface area contributed by atoms with Gasteiger partial charge in [0, 0.05) is 22.3 Å². The minimum Gasteiger partial charge on any atom is -0.497 e. The van der Waals surface area contributed by atoms with E-state index in [1.54, 1.807) is 36.4 Å². The first-order chi connectivity index (χ1) is 18.4. The van der Waals surface area contributed by atoms with Gasteiger partial charge in [0.15, 0.2) is 0 Å². The highest BCUT2D eigenvalue weighted by Crippen LogP contribution is 2.27. The highest BCUT2D eigenvalue weighted by Gasteiger charge is 2.16. The van der Waals surface area contributed by atoms with E-state index >= 15 is 0 Å². The van der Waals surface area contributed by atoms with Crippen LogP contribution in [0.5, 0.6) is 5.75 Å². The van der Waals surface area contributed by atoms with Gasteiger partial charge < -0.3 is 14.5 Å². The quantitative estimate of drug-likeness (QED) is 0.235. The van der Waals surface area contributed by atoms with Crippen LogP contribution < -0.4 is 14.8 Å². The second-order valence-electron chi connectivity index (χ2n) is 8.10. The molecule has 9 nitrogen and oxygen atoms in total. The summed E-state index contributed by atoms with van der Waals surface area (Å²) < 4.78 is 38.6. The standard InChI is InChI=1S/C27H22N4O5S2/c1-35-21-13-15-22(16-14-21)38(33,34)31-20-11-9-19(10-12-20)26-29-30-27(36-26)37-17-25(32)28-24-8-4-6-18-5-2-3-7-23(18)24/h2-16,31H,17H2,1H3,(H,28,32). The van der Waals surface area contributed by atoms with Gasteiger partial charge in [-0.2, -0.15) is 0 Å². The SMILES string of the molecule is COc1ccc(S(=O)(=O)Nc2ccc(-c3nnc(SCC(=O)Nc4cccc5ccccc45)o3)cc2)cc1. The molecule has 11 heteroatoms. The molecule has 4 aromatic carbocycles. The van der Waals surface area contributed by atoms with Crippen LogP contribution in [-0.2, 0) is 14.8 Å². The molecule has 5 aromatic rings. The third kappa shape index (κ3) is 5.79. The lowest BCUT2D eigenvalue weighted by atomic mass is 10.1. The van der Waals surface area contributed by atoms with Crippen molar-refractivity contribution in [1.82, 2.24) is 10.2 Å². The van der Waals surface area contributed by atoms with Crippen LogP contribution in [0.25, 0.3) is 22.2 Å². The molecule has 1 heterocycles. The van der Waals surface area contributed by atoms with Crippen molar-refractivity contribution in [2.24, 2.45) is 0 Å². The van der Waals surface area contributed by atoms with Gasteiger partial charge in [0.05, 0.1) is 17.8 Å². The number of nitrogens with zero attached hydrogens (tertiary/aromatic N) is 2. The number of fused-ring (bicyclic) bond motifs is 1. The number of carbonyl (C=O) groups is 1. The number of benzene rings is 4. The van der Waals surface area contributed by atoms with E-state index < -0.39 is 10.0 Å². The number of methoxy groups -OCH3 is 1. The summed E-state index contributed by atoms with van der Waals surface area (Å²) in [5, 5.41) is 13.2. The fourth-order valence-corrected chi connectivity index (χ4v) is 5.30. The Morgan fingerprint density at radius 2 is 1.66 bits per heavy atom. The van der Waals surface area contributed by atoms with Crippen molar-refractivity contribution in [2.45, 2.75) is 10.1 Å². The van der Waals surface area contributed by atoms with Gasteiger partial charge in [0.1, 0.15) is 5.75 Å². The maximum atomic E-state index is 12.6. The number of hydrogen-bond acceptors (Lipinski definition) is 8. The summed E-state index contributed by atoms with van der Waals surface area (Å²) in [6.07, 6.45) is 0. The monoisotopic (exact) mass is 546 g/mol. The number of thioether (sulfide) groups is 1. The van der Waals surface area contributed by atoms with Crippen molar-refractivity contribution in [3.8, 4) is 17.2 Å². The second kappa shape index (κ2) is 11.0. The van der Waals surface area contributed by atoms with E-state index in [0.717, 1.165) is 28.2 Å². The lowest BCUT2D eigenvalue weighted by molar-refractivity contribution is -0.113. The topological polar surface area (TPSA) is 123 Å². The number of nitrogens with one attached hydrogen (secondary N) is 2. The van der Waals surface area contributed by atoms with Gasteiger partial charge in [-0.3, -0.25) is 9.52 Å². The minimum atomic E-state index is -3.76. The fraction of sp³-hybridized carbons (Fsp3) is 0.0741. The number of anilines is 2. The zero-order valence-electron chi connectivity index (χ0n) is 20.1. The van der Waals surface area contributed by atoms with Gasteiger partial charge in [-0.25, -0.2) is 8.42 Å². The number of sulfonamides is 1. The largest absolute Gasteiger partial charge is 0.497 e. The number of amides is 1. The molecule has 2 N–H and O–H groups in total. The molecule has 1 amide bonds. The summed E-state index contributed by atoms with van der Waals surface area (Å²) in [6, 6.07) is 26.2. The normalized spacial score (nSPS) is 11.3. The van der Waals surface area contributed by atoms with E-state index in [-0.39, 0.29) is 27.7 Å². The second-order valence-corrected chi connectivity index (χ2v) is 10.7. The van der Waals surface area contributed by atoms with Crippen LogP contribution in [0.4, 0.5) is 11.4 Å². The molecule has 1 aromatic heterocycles. The number of rotatable bonds is 9. The van der Waals surface area contributed by atoms with Crippen LogP contribution >= 0.6 is 11.8 Å². The molecule has 0 aliphatic heterocycles. The summed E-state index contributed by atoms with van der Waals surface area (Å²) in [4.78, 5) is 12.6. The van der Waals surface area contributed by atoms with Gasteiger partial charge in [-0.1, -0.05) is 48.2 Å². The fourth-order valence-electron chi connectivity index (χ4n) is 3.68. The molecule has 0 bridgehead atoms. The minimum absolute atomic E-state index is 0.0942. The Morgan fingerprint density at radius 3 is 2.42 bits per heavy atom.